The van der Waals surface area contributed by atoms with Crippen molar-refractivity contribution in [2.24, 2.45) is 0 Å². The first kappa shape index (κ1) is 15.1. The second-order valence-corrected chi connectivity index (χ2v) is 5.64. The minimum absolute atomic E-state index is 0.0566. The Morgan fingerprint density at radius 3 is 2.48 bits per heavy atom. The molecule has 0 saturated heterocycles. The van der Waals surface area contributed by atoms with Crippen LogP contribution in [0.2, 0.25) is 0 Å². The van der Waals surface area contributed by atoms with Crippen molar-refractivity contribution in [3.05, 3.63) is 78.0 Å². The Labute approximate surface area is 135 Å². The molecule has 3 nitrogen and oxygen atoms in total. The lowest BCUT2D eigenvalue weighted by molar-refractivity contribution is 0.0964. The number of fused-ring (bicyclic) bond motifs is 1. The lowest BCUT2D eigenvalue weighted by Gasteiger charge is -2.03. The topological polar surface area (TPSA) is 31.2 Å². The molecule has 0 aliphatic heterocycles. The Hall–Kier alpha value is -2.81. The molecule has 116 valence electrons. The number of hydrogen-bond donors (Lipinski definition) is 0. The van der Waals surface area contributed by atoms with Gasteiger partial charge in [-0.25, -0.2) is 0 Å². The molecule has 0 N–H and O–H groups in total. The zero-order chi connectivity index (χ0) is 16.2. The summed E-state index contributed by atoms with van der Waals surface area (Å²) < 4.78 is 7.50. The number of ether oxygens (including phenoxy) is 1. The zero-order valence-electron chi connectivity index (χ0n) is 13.3. The highest BCUT2D eigenvalue weighted by molar-refractivity contribution is 6.03. The number of allylic oxidation sites excluding steroid dienone is 1. The van der Waals surface area contributed by atoms with E-state index < -0.39 is 0 Å². The number of hydrogen-bond acceptors (Lipinski definition) is 2. The fraction of sp³-hybridized carbons (Fsp3) is 0.150. The summed E-state index contributed by atoms with van der Waals surface area (Å²) in [6.07, 6.45) is 3.80. The normalized spacial score (nSPS) is 10.5. The van der Waals surface area contributed by atoms with Gasteiger partial charge >= 0.3 is 0 Å². The molecule has 3 heteroatoms. The first-order chi connectivity index (χ1) is 11.2. The van der Waals surface area contributed by atoms with Gasteiger partial charge in [-0.15, -0.1) is 0 Å². The summed E-state index contributed by atoms with van der Waals surface area (Å²) in [5, 5.41) is 0.943. The summed E-state index contributed by atoms with van der Waals surface area (Å²) in [4.78, 5) is 12.8. The van der Waals surface area contributed by atoms with E-state index in [2.05, 4.69) is 0 Å². The molecule has 0 spiro atoms. The maximum Gasteiger partial charge on any atom is 0.262 e. The van der Waals surface area contributed by atoms with E-state index in [1.165, 1.54) is 5.57 Å². The van der Waals surface area contributed by atoms with Crippen LogP contribution >= 0.6 is 0 Å². The van der Waals surface area contributed by atoms with Gasteiger partial charge in [0.1, 0.15) is 12.4 Å². The van der Waals surface area contributed by atoms with Crippen LogP contribution in [-0.4, -0.2) is 17.1 Å². The maximum absolute atomic E-state index is 12.8. The number of para-hydroxylation sites is 1. The SMILES string of the molecule is CC(C)=CCOc1cn(C(=O)c2ccccc2)c2ccccc12. The summed E-state index contributed by atoms with van der Waals surface area (Å²) >= 11 is 0. The fourth-order valence-electron chi connectivity index (χ4n) is 2.45. The molecule has 0 aliphatic carbocycles. The second kappa shape index (κ2) is 6.53. The van der Waals surface area contributed by atoms with E-state index in [-0.39, 0.29) is 5.91 Å². The Morgan fingerprint density at radius 2 is 1.74 bits per heavy atom. The molecular weight excluding hydrogens is 286 g/mol. The van der Waals surface area contributed by atoms with E-state index in [0.717, 1.165) is 16.7 Å². The third-order valence-corrected chi connectivity index (χ3v) is 3.65. The van der Waals surface area contributed by atoms with Crippen LogP contribution in [0.1, 0.15) is 24.2 Å². The third kappa shape index (κ3) is 3.19. The Kier molecular flexibility index (Phi) is 4.29. The van der Waals surface area contributed by atoms with Crippen molar-refractivity contribution in [1.82, 2.24) is 4.57 Å². The van der Waals surface area contributed by atoms with Crippen molar-refractivity contribution < 1.29 is 9.53 Å². The van der Waals surface area contributed by atoms with Crippen molar-refractivity contribution in [1.29, 1.82) is 0 Å². The van der Waals surface area contributed by atoms with Crippen LogP contribution in [0.25, 0.3) is 10.9 Å². The number of benzene rings is 2. The third-order valence-electron chi connectivity index (χ3n) is 3.65. The van der Waals surface area contributed by atoms with Gasteiger partial charge in [0.25, 0.3) is 5.91 Å². The number of nitrogens with zero attached hydrogens (tertiary/aromatic N) is 1. The maximum atomic E-state index is 12.8. The zero-order valence-corrected chi connectivity index (χ0v) is 13.3. The fourth-order valence-corrected chi connectivity index (χ4v) is 2.45. The molecule has 0 saturated carbocycles. The van der Waals surface area contributed by atoms with Crippen LogP contribution in [0.4, 0.5) is 0 Å². The van der Waals surface area contributed by atoms with Gasteiger partial charge < -0.3 is 4.74 Å². The highest BCUT2D eigenvalue weighted by Crippen LogP contribution is 2.28. The molecule has 0 bridgehead atoms. The minimum Gasteiger partial charge on any atom is -0.487 e. The lowest BCUT2D eigenvalue weighted by atomic mass is 10.2. The molecule has 0 amide bonds. The first-order valence-electron chi connectivity index (χ1n) is 7.63. The molecule has 2 aromatic carbocycles. The molecular formula is C20H19NO2. The van der Waals surface area contributed by atoms with E-state index in [4.69, 9.17) is 4.74 Å². The summed E-state index contributed by atoms with van der Waals surface area (Å²) in [6, 6.07) is 17.1. The molecule has 0 unspecified atom stereocenters. The van der Waals surface area contributed by atoms with Crippen molar-refractivity contribution >= 4 is 16.8 Å². The number of aromatic nitrogens is 1. The summed E-state index contributed by atoms with van der Waals surface area (Å²) in [7, 11) is 0. The predicted octanol–water partition coefficient (Wildman–Crippen LogP) is 4.67. The van der Waals surface area contributed by atoms with Gasteiger partial charge in [-0.05, 0) is 44.2 Å². The molecule has 23 heavy (non-hydrogen) atoms. The van der Waals surface area contributed by atoms with Crippen molar-refractivity contribution in [3.63, 3.8) is 0 Å². The number of rotatable bonds is 4. The predicted molar refractivity (Wildman–Crippen MR) is 93.0 cm³/mol. The molecule has 0 aliphatic rings. The van der Waals surface area contributed by atoms with Crippen LogP contribution in [-0.2, 0) is 0 Å². The van der Waals surface area contributed by atoms with Gasteiger partial charge in [0.05, 0.1) is 11.7 Å². The Bertz CT molecular complexity index is 856. The van der Waals surface area contributed by atoms with Gasteiger partial charge in [0.15, 0.2) is 0 Å². The van der Waals surface area contributed by atoms with Crippen LogP contribution in [0.5, 0.6) is 5.75 Å². The molecule has 0 fully saturated rings. The quantitative estimate of drug-likeness (QED) is 0.656. The highest BCUT2D eigenvalue weighted by atomic mass is 16.5. The second-order valence-electron chi connectivity index (χ2n) is 5.64. The van der Waals surface area contributed by atoms with Gasteiger partial charge in [0.2, 0.25) is 0 Å². The summed E-state index contributed by atoms with van der Waals surface area (Å²) in [5.74, 6) is 0.668. The largest absolute Gasteiger partial charge is 0.487 e. The smallest absolute Gasteiger partial charge is 0.262 e. The van der Waals surface area contributed by atoms with E-state index in [1.807, 2.05) is 74.5 Å². The van der Waals surface area contributed by atoms with E-state index in [9.17, 15) is 4.79 Å². The summed E-state index contributed by atoms with van der Waals surface area (Å²) in [6.45, 7) is 4.56. The van der Waals surface area contributed by atoms with Crippen LogP contribution in [0.15, 0.2) is 72.4 Å². The number of carbonyl (C=O) groups is 1. The Balaban J connectivity index is 2.01. The summed E-state index contributed by atoms with van der Waals surface area (Å²) in [5.41, 5.74) is 2.71. The Morgan fingerprint density at radius 1 is 1.04 bits per heavy atom. The average molecular weight is 305 g/mol. The highest BCUT2D eigenvalue weighted by Gasteiger charge is 2.15. The van der Waals surface area contributed by atoms with Crippen molar-refractivity contribution in [3.8, 4) is 5.75 Å². The van der Waals surface area contributed by atoms with Gasteiger partial charge in [0, 0.05) is 10.9 Å². The number of carbonyl (C=O) groups excluding carboxylic acids is 1. The van der Waals surface area contributed by atoms with E-state index in [0.29, 0.717) is 12.2 Å². The van der Waals surface area contributed by atoms with Gasteiger partial charge in [-0.2, -0.15) is 0 Å². The molecule has 0 atom stereocenters. The molecule has 1 aromatic heterocycles. The molecule has 1 heterocycles. The van der Waals surface area contributed by atoms with Crippen molar-refractivity contribution in [2.45, 2.75) is 13.8 Å². The van der Waals surface area contributed by atoms with Crippen LogP contribution in [0.3, 0.4) is 0 Å². The monoisotopic (exact) mass is 305 g/mol. The standard InChI is InChI=1S/C20H19NO2/c1-15(2)12-13-23-19-14-21(18-11-7-6-10-17(18)19)20(22)16-8-4-3-5-9-16/h3-12,14H,13H2,1-2H3. The minimum atomic E-state index is -0.0566. The molecule has 3 rings (SSSR count). The van der Waals surface area contributed by atoms with Crippen LogP contribution in [0, 0.1) is 0 Å². The first-order valence-corrected chi connectivity index (χ1v) is 7.63. The van der Waals surface area contributed by atoms with Gasteiger partial charge in [-0.1, -0.05) is 35.9 Å². The average Bonchev–Trinajstić information content (AvgIpc) is 2.94. The molecule has 3 aromatic rings. The van der Waals surface area contributed by atoms with E-state index >= 15 is 0 Å². The molecule has 0 radical (unpaired) electrons. The lowest BCUT2D eigenvalue weighted by Crippen LogP contribution is -2.10. The van der Waals surface area contributed by atoms with Crippen LogP contribution < -0.4 is 4.74 Å². The van der Waals surface area contributed by atoms with E-state index in [1.54, 1.807) is 10.8 Å². The van der Waals surface area contributed by atoms with Crippen molar-refractivity contribution in [2.75, 3.05) is 6.61 Å². The van der Waals surface area contributed by atoms with Gasteiger partial charge in [-0.3, -0.25) is 9.36 Å².